The van der Waals surface area contributed by atoms with E-state index in [1.807, 2.05) is 24.3 Å². The summed E-state index contributed by atoms with van der Waals surface area (Å²) < 4.78 is 25.8. The van der Waals surface area contributed by atoms with Gasteiger partial charge in [0.1, 0.15) is 5.75 Å². The van der Waals surface area contributed by atoms with Crippen LogP contribution in [0, 0.1) is 5.82 Å². The number of phenolic OH excluding ortho intramolecular Hbond substituents is 1. The molecule has 0 fully saturated rings. The molecule has 0 saturated heterocycles. The van der Waals surface area contributed by atoms with Gasteiger partial charge in [0.05, 0.1) is 24.4 Å². The van der Waals surface area contributed by atoms with Gasteiger partial charge in [-0.25, -0.2) is 9.37 Å². The molecule has 0 aliphatic rings. The highest BCUT2D eigenvalue weighted by Crippen LogP contribution is 2.30. The average molecular weight is 398 g/mol. The third kappa shape index (κ3) is 3.07. The quantitative estimate of drug-likeness (QED) is 0.572. The fourth-order valence-electron chi connectivity index (χ4n) is 2.84. The van der Waals surface area contributed by atoms with Crippen LogP contribution in [0.4, 0.5) is 4.39 Å². The molecule has 0 amide bonds. The third-order valence-electron chi connectivity index (χ3n) is 4.24. The summed E-state index contributed by atoms with van der Waals surface area (Å²) in [6, 6.07) is 10.0. The summed E-state index contributed by atoms with van der Waals surface area (Å²) in [6.45, 7) is 0. The van der Waals surface area contributed by atoms with E-state index in [0.717, 1.165) is 11.6 Å². The highest BCUT2D eigenvalue weighted by atomic mass is 32.1. The first-order chi connectivity index (χ1) is 13.5. The van der Waals surface area contributed by atoms with E-state index in [1.165, 1.54) is 35.0 Å². The summed E-state index contributed by atoms with van der Waals surface area (Å²) in [6.07, 6.45) is 3.20. The molecule has 0 saturated carbocycles. The second-order valence-electron chi connectivity index (χ2n) is 5.98. The van der Waals surface area contributed by atoms with Crippen molar-refractivity contribution in [3.8, 4) is 28.5 Å². The van der Waals surface area contributed by atoms with Crippen LogP contribution in [0.2, 0.25) is 0 Å². The van der Waals surface area contributed by atoms with Crippen molar-refractivity contribution in [1.82, 2.24) is 9.38 Å². The molecule has 0 radical (unpaired) electrons. The summed E-state index contributed by atoms with van der Waals surface area (Å²) in [4.78, 5) is 17.8. The number of methoxy groups -OCH3 is 2. The number of aromatic nitrogens is 2. The van der Waals surface area contributed by atoms with Gasteiger partial charge in [0, 0.05) is 11.8 Å². The number of aromatic hydroxyl groups is 1. The average Bonchev–Trinajstić information content (AvgIpc) is 3.24. The molecule has 2 heterocycles. The van der Waals surface area contributed by atoms with Crippen molar-refractivity contribution in [2.75, 3.05) is 14.2 Å². The highest BCUT2D eigenvalue weighted by molar-refractivity contribution is 7.15. The Morgan fingerprint density at radius 2 is 2.04 bits per heavy atom. The van der Waals surface area contributed by atoms with Crippen LogP contribution in [-0.2, 0) is 0 Å². The van der Waals surface area contributed by atoms with Crippen molar-refractivity contribution < 1.29 is 19.0 Å². The number of nitrogens with zero attached hydrogens (tertiary/aromatic N) is 2. The number of phenols is 1. The minimum Gasteiger partial charge on any atom is -0.502 e. The molecule has 2 aromatic carbocycles. The molecule has 0 bridgehead atoms. The van der Waals surface area contributed by atoms with E-state index in [9.17, 15) is 14.3 Å². The molecular weight excluding hydrogens is 383 g/mol. The maximum absolute atomic E-state index is 13.8. The highest BCUT2D eigenvalue weighted by Gasteiger charge is 2.12. The number of imidazole rings is 1. The summed E-state index contributed by atoms with van der Waals surface area (Å²) in [7, 11) is 2.92. The Hall–Kier alpha value is -3.39. The van der Waals surface area contributed by atoms with E-state index < -0.39 is 11.6 Å². The molecule has 0 aliphatic heterocycles. The Balaban J connectivity index is 1.79. The van der Waals surface area contributed by atoms with Crippen LogP contribution in [0.15, 0.2) is 47.4 Å². The van der Waals surface area contributed by atoms with E-state index in [-0.39, 0.29) is 11.3 Å². The maximum Gasteiger partial charge on any atom is 0.274 e. The molecule has 142 valence electrons. The predicted molar refractivity (Wildman–Crippen MR) is 105 cm³/mol. The van der Waals surface area contributed by atoms with Crippen molar-refractivity contribution in [3.05, 3.63) is 68.9 Å². The number of fused-ring (bicyclic) bond motifs is 1. The Kier molecular flexibility index (Phi) is 4.48. The number of rotatable bonds is 4. The van der Waals surface area contributed by atoms with E-state index >= 15 is 0 Å². The van der Waals surface area contributed by atoms with Crippen molar-refractivity contribution in [2.24, 2.45) is 0 Å². The second kappa shape index (κ2) is 6.97. The molecule has 0 unspecified atom stereocenters. The molecule has 0 atom stereocenters. The van der Waals surface area contributed by atoms with Crippen LogP contribution < -0.4 is 19.6 Å². The van der Waals surface area contributed by atoms with Gasteiger partial charge in [-0.05, 0) is 35.9 Å². The first kappa shape index (κ1) is 18.0. The molecule has 0 spiro atoms. The monoisotopic (exact) mass is 398 g/mol. The van der Waals surface area contributed by atoms with E-state index in [0.29, 0.717) is 26.5 Å². The Morgan fingerprint density at radius 3 is 2.75 bits per heavy atom. The number of benzene rings is 2. The molecule has 8 heteroatoms. The third-order valence-corrected chi connectivity index (χ3v) is 5.22. The van der Waals surface area contributed by atoms with Crippen molar-refractivity contribution in [3.63, 3.8) is 0 Å². The number of hydrogen-bond donors (Lipinski definition) is 1. The number of thiazole rings is 1. The van der Waals surface area contributed by atoms with Gasteiger partial charge in [-0.2, -0.15) is 0 Å². The Bertz CT molecular complexity index is 1300. The summed E-state index contributed by atoms with van der Waals surface area (Å²) >= 11 is 1.19. The lowest BCUT2D eigenvalue weighted by atomic mass is 10.1. The summed E-state index contributed by atoms with van der Waals surface area (Å²) in [5, 5.41) is 9.60. The van der Waals surface area contributed by atoms with Crippen molar-refractivity contribution in [1.29, 1.82) is 0 Å². The standard InChI is InChI=1S/C20H15FN2O4S/c1-26-13-5-3-4-12(9-13)15-10-23-19(25)17(28-20(23)22-15)8-11-6-14(21)18(24)16(7-11)27-2/h3-10,24H,1-2H3. The molecule has 4 rings (SSSR count). The molecule has 0 aliphatic carbocycles. The molecular formula is C20H15FN2O4S. The largest absolute Gasteiger partial charge is 0.502 e. The van der Waals surface area contributed by atoms with Crippen LogP contribution in [-0.4, -0.2) is 28.7 Å². The summed E-state index contributed by atoms with van der Waals surface area (Å²) in [5.74, 6) is -0.681. The van der Waals surface area contributed by atoms with Crippen LogP contribution in [0.5, 0.6) is 17.2 Å². The van der Waals surface area contributed by atoms with Gasteiger partial charge >= 0.3 is 0 Å². The van der Waals surface area contributed by atoms with Crippen LogP contribution in [0.1, 0.15) is 5.56 Å². The van der Waals surface area contributed by atoms with Gasteiger partial charge in [0.15, 0.2) is 22.3 Å². The zero-order valence-corrected chi connectivity index (χ0v) is 15.8. The smallest absolute Gasteiger partial charge is 0.274 e. The number of ether oxygens (including phenoxy) is 2. The fourth-order valence-corrected chi connectivity index (χ4v) is 3.79. The van der Waals surface area contributed by atoms with Crippen LogP contribution in [0.25, 0.3) is 22.3 Å². The summed E-state index contributed by atoms with van der Waals surface area (Å²) in [5.41, 5.74) is 1.65. The van der Waals surface area contributed by atoms with E-state index in [2.05, 4.69) is 4.98 Å². The van der Waals surface area contributed by atoms with E-state index in [4.69, 9.17) is 9.47 Å². The lowest BCUT2D eigenvalue weighted by Gasteiger charge is -2.04. The van der Waals surface area contributed by atoms with Gasteiger partial charge in [-0.15, -0.1) is 0 Å². The van der Waals surface area contributed by atoms with Crippen LogP contribution in [0.3, 0.4) is 0 Å². The first-order valence-electron chi connectivity index (χ1n) is 8.24. The number of hydrogen-bond acceptors (Lipinski definition) is 6. The number of halogens is 1. The molecule has 28 heavy (non-hydrogen) atoms. The lowest BCUT2D eigenvalue weighted by molar-refractivity contribution is 0.357. The van der Waals surface area contributed by atoms with Gasteiger partial charge in [-0.3, -0.25) is 9.20 Å². The Morgan fingerprint density at radius 1 is 1.21 bits per heavy atom. The molecule has 4 aromatic rings. The second-order valence-corrected chi connectivity index (χ2v) is 6.99. The van der Waals surface area contributed by atoms with Crippen LogP contribution >= 0.6 is 11.3 Å². The zero-order chi connectivity index (χ0) is 19.8. The first-order valence-corrected chi connectivity index (χ1v) is 9.06. The SMILES string of the molecule is COc1cccc(-c2cn3c(=O)c(=Cc4cc(F)c(O)c(OC)c4)sc3n2)c1. The van der Waals surface area contributed by atoms with Crippen molar-refractivity contribution in [2.45, 2.75) is 0 Å². The minimum absolute atomic E-state index is 0.000318. The zero-order valence-electron chi connectivity index (χ0n) is 15.0. The Labute approximate surface area is 162 Å². The fraction of sp³-hybridized carbons (Fsp3) is 0.100. The molecule has 2 aromatic heterocycles. The maximum atomic E-state index is 13.8. The van der Waals surface area contributed by atoms with Gasteiger partial charge in [0.25, 0.3) is 5.56 Å². The minimum atomic E-state index is -0.820. The topological polar surface area (TPSA) is 73.1 Å². The van der Waals surface area contributed by atoms with Gasteiger partial charge in [0.2, 0.25) is 0 Å². The lowest BCUT2D eigenvalue weighted by Crippen LogP contribution is -2.22. The normalized spacial score (nSPS) is 11.9. The molecule has 6 nitrogen and oxygen atoms in total. The van der Waals surface area contributed by atoms with Crippen molar-refractivity contribution >= 4 is 22.4 Å². The van der Waals surface area contributed by atoms with E-state index in [1.54, 1.807) is 13.3 Å². The van der Waals surface area contributed by atoms with Gasteiger partial charge < -0.3 is 14.6 Å². The molecule has 1 N–H and O–H groups in total. The van der Waals surface area contributed by atoms with Gasteiger partial charge in [-0.1, -0.05) is 23.5 Å². The predicted octanol–water partition coefficient (Wildman–Crippen LogP) is 2.83.